The number of halogens is 1. The van der Waals surface area contributed by atoms with Crippen molar-refractivity contribution in [1.82, 2.24) is 29.4 Å². The molecule has 2 fully saturated rings. The molecular weight excluding hydrogens is 660 g/mol. The first-order valence-corrected chi connectivity index (χ1v) is 18.6. The number of hydrogen-bond acceptors (Lipinski definition) is 9. The monoisotopic (exact) mass is 692 g/mol. The van der Waals surface area contributed by atoms with Crippen LogP contribution in [0.25, 0.3) is 22.3 Å². The summed E-state index contributed by atoms with van der Waals surface area (Å²) in [5.41, 5.74) is 3.12. The van der Waals surface area contributed by atoms with Crippen LogP contribution in [0.2, 0.25) is 5.02 Å². The van der Waals surface area contributed by atoms with E-state index in [2.05, 4.69) is 60.2 Å². The van der Waals surface area contributed by atoms with Gasteiger partial charge in [0.15, 0.2) is 0 Å². The second-order valence-corrected chi connectivity index (χ2v) is 15.1. The maximum Gasteiger partial charge on any atom is 0.262 e. The van der Waals surface area contributed by atoms with E-state index in [-0.39, 0.29) is 12.1 Å². The molecule has 0 aliphatic carbocycles. The highest BCUT2D eigenvalue weighted by molar-refractivity contribution is 8.14. The minimum Gasteiger partial charge on any atom is -0.369 e. The Hall–Kier alpha value is -4.42. The Morgan fingerprint density at radius 2 is 1.83 bits per heavy atom. The number of piperazine rings is 1. The number of pyridine rings is 2. The molecule has 0 spiro atoms. The van der Waals surface area contributed by atoms with Crippen molar-refractivity contribution < 1.29 is 0 Å². The SMILES string of the molecule is C=S(c1ccccc1)c1cnc(-c2cc3cnc(Nc4ccc(N5CCN6CCCC6C5)cc4)nc3n(Cc3nccs3)c2=O)c(Cl)c1. The van der Waals surface area contributed by atoms with Crippen LogP contribution in [0.3, 0.4) is 0 Å². The minimum atomic E-state index is -0.468. The third-order valence-corrected chi connectivity index (χ3v) is 11.7. The molecule has 2 atom stereocenters. The van der Waals surface area contributed by atoms with Crippen molar-refractivity contribution in [3.8, 4) is 11.3 Å². The van der Waals surface area contributed by atoms with Gasteiger partial charge in [0.25, 0.3) is 5.56 Å². The lowest BCUT2D eigenvalue weighted by Crippen LogP contribution is -2.50. The van der Waals surface area contributed by atoms with Gasteiger partial charge in [0.05, 0.1) is 22.8 Å². The average Bonchev–Trinajstić information content (AvgIpc) is 3.82. The van der Waals surface area contributed by atoms with Gasteiger partial charge in [0.2, 0.25) is 5.95 Å². The van der Waals surface area contributed by atoms with Crippen molar-refractivity contribution >= 4 is 67.6 Å². The van der Waals surface area contributed by atoms with E-state index >= 15 is 0 Å². The van der Waals surface area contributed by atoms with Crippen LogP contribution in [0.15, 0.2) is 105 Å². The molecular formula is C36H33ClN8OS2. The van der Waals surface area contributed by atoms with Crippen LogP contribution in [-0.2, 0) is 6.54 Å². The van der Waals surface area contributed by atoms with Crippen LogP contribution < -0.4 is 15.8 Å². The van der Waals surface area contributed by atoms with E-state index in [0.717, 1.165) is 40.1 Å². The highest BCUT2D eigenvalue weighted by atomic mass is 35.5. The first kappa shape index (κ1) is 30.9. The molecule has 8 rings (SSSR count). The summed E-state index contributed by atoms with van der Waals surface area (Å²) in [7, 11) is -0.468. The largest absolute Gasteiger partial charge is 0.369 e. The van der Waals surface area contributed by atoms with Crippen LogP contribution in [-0.4, -0.2) is 67.5 Å². The zero-order chi connectivity index (χ0) is 32.6. The summed E-state index contributed by atoms with van der Waals surface area (Å²) >= 11 is 8.31. The Bertz CT molecular complexity index is 2170. The van der Waals surface area contributed by atoms with E-state index in [1.54, 1.807) is 29.2 Å². The summed E-state index contributed by atoms with van der Waals surface area (Å²) in [6.07, 6.45) is 7.80. The van der Waals surface area contributed by atoms with Crippen molar-refractivity contribution in [3.05, 3.63) is 111 Å². The Kier molecular flexibility index (Phi) is 8.52. The zero-order valence-electron chi connectivity index (χ0n) is 26.1. The lowest BCUT2D eigenvalue weighted by molar-refractivity contribution is 0.231. The summed E-state index contributed by atoms with van der Waals surface area (Å²) in [5, 5.41) is 7.10. The van der Waals surface area contributed by atoms with E-state index in [1.807, 2.05) is 41.8 Å². The van der Waals surface area contributed by atoms with E-state index in [0.29, 0.717) is 39.3 Å². The van der Waals surface area contributed by atoms with Crippen LogP contribution in [0.4, 0.5) is 17.3 Å². The molecule has 0 saturated carbocycles. The van der Waals surface area contributed by atoms with E-state index in [9.17, 15) is 4.79 Å². The molecule has 9 nitrogen and oxygen atoms in total. The lowest BCUT2D eigenvalue weighted by Gasteiger charge is -2.38. The molecule has 48 heavy (non-hydrogen) atoms. The topological polar surface area (TPSA) is 92.1 Å². The van der Waals surface area contributed by atoms with Gasteiger partial charge in [0.1, 0.15) is 10.7 Å². The van der Waals surface area contributed by atoms with Crippen molar-refractivity contribution in [2.75, 3.05) is 36.4 Å². The first-order valence-electron chi connectivity index (χ1n) is 15.9. The number of aromatic nitrogens is 5. The number of nitrogens with zero attached hydrogens (tertiary/aromatic N) is 7. The second-order valence-electron chi connectivity index (χ2n) is 12.0. The van der Waals surface area contributed by atoms with Crippen LogP contribution in [0.1, 0.15) is 17.8 Å². The van der Waals surface area contributed by atoms with Gasteiger partial charge in [-0.15, -0.1) is 21.8 Å². The Morgan fingerprint density at radius 3 is 2.62 bits per heavy atom. The molecule has 12 heteroatoms. The Morgan fingerprint density at radius 1 is 0.979 bits per heavy atom. The normalized spacial score (nSPS) is 17.0. The summed E-state index contributed by atoms with van der Waals surface area (Å²) in [6.45, 7) is 4.74. The molecule has 2 aliphatic rings. The van der Waals surface area contributed by atoms with Gasteiger partial charge in [0, 0.05) is 76.2 Å². The van der Waals surface area contributed by atoms with Gasteiger partial charge in [-0.25, -0.2) is 9.97 Å². The predicted molar refractivity (Wildman–Crippen MR) is 197 cm³/mol. The smallest absolute Gasteiger partial charge is 0.262 e. The van der Waals surface area contributed by atoms with E-state index in [4.69, 9.17) is 16.6 Å². The zero-order valence-corrected chi connectivity index (χ0v) is 28.5. The quantitative estimate of drug-likeness (QED) is 0.168. The lowest BCUT2D eigenvalue weighted by atomic mass is 10.1. The standard InChI is InChI=1S/C36H33ClN8OS2/c1-48(28-7-3-2-4-8-28)29-19-31(37)33(39-21-29)30-18-24-20-40-36(42-34(24)45(35(30)46)23-32-38-13-17-47-32)41-25-9-11-26(12-10-25)44-16-15-43-14-5-6-27(43)22-44/h2-4,7-13,17-21,27H,1,5-6,14-16,22-23H2,(H,40,41,42). The predicted octanol–water partition coefficient (Wildman–Crippen LogP) is 7.16. The van der Waals surface area contributed by atoms with Gasteiger partial charge in [-0.05, 0) is 67.9 Å². The van der Waals surface area contributed by atoms with Crippen molar-refractivity contribution in [2.45, 2.75) is 35.2 Å². The number of hydrogen-bond donors (Lipinski definition) is 1. The van der Waals surface area contributed by atoms with E-state index < -0.39 is 10.5 Å². The molecule has 2 saturated heterocycles. The van der Waals surface area contributed by atoms with Crippen molar-refractivity contribution in [2.24, 2.45) is 0 Å². The van der Waals surface area contributed by atoms with Crippen LogP contribution in [0.5, 0.6) is 0 Å². The summed E-state index contributed by atoms with van der Waals surface area (Å²) in [6, 6.07) is 22.7. The molecule has 2 unspecified atom stereocenters. The molecule has 0 bridgehead atoms. The first-order chi connectivity index (χ1) is 23.5. The minimum absolute atomic E-state index is 0.256. The fraction of sp³-hybridized carbons (Fsp3) is 0.222. The van der Waals surface area contributed by atoms with Gasteiger partial charge in [-0.2, -0.15) is 4.98 Å². The second kappa shape index (κ2) is 13.2. The van der Waals surface area contributed by atoms with E-state index in [1.165, 1.54) is 36.4 Å². The molecule has 6 aromatic rings. The number of rotatable bonds is 8. The fourth-order valence-electron chi connectivity index (χ4n) is 6.59. The van der Waals surface area contributed by atoms with Crippen LogP contribution >= 0.6 is 33.4 Å². The third kappa shape index (κ3) is 6.14. The molecule has 2 aliphatic heterocycles. The number of nitrogens with one attached hydrogen (secondary N) is 1. The molecule has 0 radical (unpaired) electrons. The van der Waals surface area contributed by atoms with Gasteiger partial charge < -0.3 is 10.2 Å². The average molecular weight is 693 g/mol. The Balaban J connectivity index is 1.10. The van der Waals surface area contributed by atoms with Crippen LogP contribution in [0, 0.1) is 0 Å². The number of anilines is 3. The number of fused-ring (bicyclic) bond motifs is 2. The molecule has 0 amide bonds. The molecule has 1 N–H and O–H groups in total. The highest BCUT2D eigenvalue weighted by Crippen LogP contribution is 2.37. The van der Waals surface area contributed by atoms with Crippen molar-refractivity contribution in [1.29, 1.82) is 0 Å². The van der Waals surface area contributed by atoms with Gasteiger partial charge in [-0.1, -0.05) is 35.7 Å². The van der Waals surface area contributed by atoms with Gasteiger partial charge in [-0.3, -0.25) is 19.2 Å². The molecule has 242 valence electrons. The molecule has 6 heterocycles. The number of thiazole rings is 1. The van der Waals surface area contributed by atoms with Gasteiger partial charge >= 0.3 is 0 Å². The van der Waals surface area contributed by atoms with Crippen molar-refractivity contribution in [3.63, 3.8) is 0 Å². The molecule has 4 aromatic heterocycles. The third-order valence-electron chi connectivity index (χ3n) is 9.06. The number of benzene rings is 2. The Labute approximate surface area is 289 Å². The molecule has 2 aromatic carbocycles. The fourth-order valence-corrected chi connectivity index (χ4v) is 8.72. The summed E-state index contributed by atoms with van der Waals surface area (Å²) < 4.78 is 1.63. The highest BCUT2D eigenvalue weighted by Gasteiger charge is 2.30. The maximum absolute atomic E-state index is 14.2. The maximum atomic E-state index is 14.2. The summed E-state index contributed by atoms with van der Waals surface area (Å²) in [5.74, 6) is 4.74. The summed E-state index contributed by atoms with van der Waals surface area (Å²) in [4.78, 5) is 39.8.